The van der Waals surface area contributed by atoms with Gasteiger partial charge in [-0.2, -0.15) is 5.10 Å². The van der Waals surface area contributed by atoms with Crippen molar-refractivity contribution in [3.05, 3.63) is 21.6 Å². The summed E-state index contributed by atoms with van der Waals surface area (Å²) in [4.78, 5) is 23.9. The normalized spacial score (nSPS) is 12.6. The molecule has 0 aliphatic carbocycles. The third kappa shape index (κ3) is 5.04. The molecule has 6 nitrogen and oxygen atoms in total. The molecule has 0 saturated carbocycles. The zero-order valence-electron chi connectivity index (χ0n) is 13.1. The van der Waals surface area contributed by atoms with Crippen LogP contribution in [0.1, 0.15) is 34.6 Å². The summed E-state index contributed by atoms with van der Waals surface area (Å²) < 4.78 is 1.33. The lowest BCUT2D eigenvalue weighted by molar-refractivity contribution is -0.122. The van der Waals surface area contributed by atoms with Gasteiger partial charge in [0.05, 0.1) is 11.9 Å². The average Bonchev–Trinajstić information content (AvgIpc) is 2.37. The molecular weight excluding hydrogens is 292 g/mol. The first-order valence-corrected chi connectivity index (χ1v) is 7.42. The van der Waals surface area contributed by atoms with Crippen molar-refractivity contribution < 1.29 is 4.79 Å². The van der Waals surface area contributed by atoms with E-state index in [9.17, 15) is 9.59 Å². The first-order valence-electron chi connectivity index (χ1n) is 7.04. The van der Waals surface area contributed by atoms with Crippen molar-refractivity contribution in [1.29, 1.82) is 0 Å². The van der Waals surface area contributed by atoms with Crippen molar-refractivity contribution in [3.63, 3.8) is 0 Å². The second-order valence-electron chi connectivity index (χ2n) is 5.78. The van der Waals surface area contributed by atoms with Gasteiger partial charge in [-0.25, -0.2) is 4.68 Å². The highest BCUT2D eigenvalue weighted by molar-refractivity contribution is 6.33. The van der Waals surface area contributed by atoms with E-state index in [1.165, 1.54) is 10.9 Å². The van der Waals surface area contributed by atoms with Crippen molar-refractivity contribution in [1.82, 2.24) is 15.1 Å². The second-order valence-corrected chi connectivity index (χ2v) is 6.16. The van der Waals surface area contributed by atoms with Crippen LogP contribution in [0.25, 0.3) is 0 Å². The summed E-state index contributed by atoms with van der Waals surface area (Å²) in [6.07, 6.45) is 1.48. The van der Waals surface area contributed by atoms with Crippen LogP contribution in [-0.4, -0.2) is 27.8 Å². The molecule has 0 aliphatic heterocycles. The quantitative estimate of drug-likeness (QED) is 0.840. The number of nitrogens with zero attached hydrogens (tertiary/aromatic N) is 2. The number of amides is 1. The highest BCUT2D eigenvalue weighted by Gasteiger charge is 2.17. The number of carbonyl (C=O) groups is 1. The molecule has 1 aromatic heterocycles. The van der Waals surface area contributed by atoms with Gasteiger partial charge in [0.1, 0.15) is 11.1 Å². The monoisotopic (exact) mass is 314 g/mol. The molecule has 1 aromatic rings. The van der Waals surface area contributed by atoms with Gasteiger partial charge in [-0.3, -0.25) is 9.59 Å². The summed E-state index contributed by atoms with van der Waals surface area (Å²) in [5.41, 5.74) is 0.0138. The van der Waals surface area contributed by atoms with E-state index >= 15 is 0 Å². The number of rotatable bonds is 6. The van der Waals surface area contributed by atoms with Crippen molar-refractivity contribution in [2.24, 2.45) is 5.92 Å². The molecule has 0 aliphatic rings. The number of aromatic nitrogens is 2. The lowest BCUT2D eigenvalue weighted by atomic mass is 10.2. The summed E-state index contributed by atoms with van der Waals surface area (Å²) in [5, 5.41) is 9.83. The Morgan fingerprint density at radius 2 is 1.95 bits per heavy atom. The summed E-state index contributed by atoms with van der Waals surface area (Å²) in [6, 6.07) is -0.457. The molecule has 7 heteroatoms. The zero-order chi connectivity index (χ0) is 16.2. The molecule has 1 unspecified atom stereocenters. The highest BCUT2D eigenvalue weighted by atomic mass is 35.5. The van der Waals surface area contributed by atoms with Gasteiger partial charge in [0.15, 0.2) is 0 Å². The van der Waals surface area contributed by atoms with Crippen LogP contribution >= 0.6 is 11.6 Å². The van der Waals surface area contributed by atoms with Crippen LogP contribution in [0.5, 0.6) is 0 Å². The Labute approximate surface area is 129 Å². The molecule has 2 N–H and O–H groups in total. The Hall–Kier alpha value is -1.56. The fraction of sp³-hybridized carbons (Fsp3) is 0.643. The van der Waals surface area contributed by atoms with Crippen LogP contribution in [0.15, 0.2) is 11.0 Å². The van der Waals surface area contributed by atoms with Crippen LogP contribution in [-0.2, 0) is 11.3 Å². The topological polar surface area (TPSA) is 76.0 Å². The van der Waals surface area contributed by atoms with Gasteiger partial charge in [-0.15, -0.1) is 0 Å². The van der Waals surface area contributed by atoms with E-state index in [2.05, 4.69) is 15.7 Å². The van der Waals surface area contributed by atoms with E-state index in [1.54, 1.807) is 6.92 Å². The molecule has 0 aromatic carbocycles. The number of halogens is 1. The predicted octanol–water partition coefficient (Wildman–Crippen LogP) is 1.88. The fourth-order valence-corrected chi connectivity index (χ4v) is 1.95. The molecule has 1 atom stereocenters. The van der Waals surface area contributed by atoms with Crippen LogP contribution in [0.3, 0.4) is 0 Å². The third-order valence-corrected chi connectivity index (χ3v) is 3.08. The summed E-state index contributed by atoms with van der Waals surface area (Å²) in [5.74, 6) is 0.133. The third-order valence-electron chi connectivity index (χ3n) is 2.72. The smallest absolute Gasteiger partial charge is 0.287 e. The van der Waals surface area contributed by atoms with Crippen LogP contribution in [0, 0.1) is 5.92 Å². The lowest BCUT2D eigenvalue weighted by Crippen LogP contribution is -2.41. The Morgan fingerprint density at radius 3 is 2.48 bits per heavy atom. The largest absolute Gasteiger partial charge is 0.371 e. The minimum absolute atomic E-state index is 0.0504. The molecule has 118 valence electrons. The predicted molar refractivity (Wildman–Crippen MR) is 84.7 cm³/mol. The molecule has 0 fully saturated rings. The standard InChI is InChI=1S/C14H23ClN4O2/c1-8(2)7-19-14(21)12(15)11(6-16-19)18-10(5)13(20)17-9(3)4/h6,8-10,18H,7H2,1-5H3,(H,17,20). The maximum Gasteiger partial charge on any atom is 0.287 e. The summed E-state index contributed by atoms with van der Waals surface area (Å²) in [6.45, 7) is 9.95. The van der Waals surface area contributed by atoms with E-state index in [0.29, 0.717) is 18.2 Å². The van der Waals surface area contributed by atoms with Gasteiger partial charge in [-0.05, 0) is 26.7 Å². The fourth-order valence-electron chi connectivity index (χ4n) is 1.75. The first-order chi connectivity index (χ1) is 9.72. The molecule has 0 saturated heterocycles. The maximum absolute atomic E-state index is 12.1. The maximum atomic E-state index is 12.1. The molecule has 1 amide bonds. The first kappa shape index (κ1) is 17.5. The van der Waals surface area contributed by atoms with Crippen molar-refractivity contribution in [3.8, 4) is 0 Å². The molecular formula is C14H23ClN4O2. The van der Waals surface area contributed by atoms with Crippen LogP contribution < -0.4 is 16.2 Å². The number of hydrogen-bond donors (Lipinski definition) is 2. The molecule has 21 heavy (non-hydrogen) atoms. The SMILES string of the molecule is CC(C)Cn1ncc(NC(C)C(=O)NC(C)C)c(Cl)c1=O. The average molecular weight is 315 g/mol. The van der Waals surface area contributed by atoms with Gasteiger partial charge in [0.25, 0.3) is 5.56 Å². The minimum atomic E-state index is -0.507. The molecule has 1 heterocycles. The Kier molecular flexibility index (Phi) is 6.20. The number of carbonyl (C=O) groups excluding carboxylic acids is 1. The summed E-state index contributed by atoms with van der Waals surface area (Å²) in [7, 11) is 0. The molecule has 0 spiro atoms. The van der Waals surface area contributed by atoms with Gasteiger partial charge < -0.3 is 10.6 Å². The van der Waals surface area contributed by atoms with Crippen molar-refractivity contribution >= 4 is 23.2 Å². The van der Waals surface area contributed by atoms with Crippen molar-refractivity contribution in [2.45, 2.75) is 53.2 Å². The number of anilines is 1. The second kappa shape index (κ2) is 7.45. The van der Waals surface area contributed by atoms with E-state index in [4.69, 9.17) is 11.6 Å². The Bertz CT molecular complexity index is 554. The summed E-state index contributed by atoms with van der Waals surface area (Å²) >= 11 is 6.07. The minimum Gasteiger partial charge on any atom is -0.371 e. The number of hydrogen-bond acceptors (Lipinski definition) is 4. The van der Waals surface area contributed by atoms with E-state index < -0.39 is 6.04 Å². The van der Waals surface area contributed by atoms with Crippen molar-refractivity contribution in [2.75, 3.05) is 5.32 Å². The highest BCUT2D eigenvalue weighted by Crippen LogP contribution is 2.16. The van der Waals surface area contributed by atoms with Gasteiger partial charge >= 0.3 is 0 Å². The van der Waals surface area contributed by atoms with Gasteiger partial charge in [-0.1, -0.05) is 25.4 Å². The Morgan fingerprint density at radius 1 is 1.33 bits per heavy atom. The van der Waals surface area contributed by atoms with Crippen LogP contribution in [0.2, 0.25) is 5.02 Å². The molecule has 0 radical (unpaired) electrons. The zero-order valence-corrected chi connectivity index (χ0v) is 13.9. The molecule has 0 bridgehead atoms. The van der Waals surface area contributed by atoms with Crippen LogP contribution in [0.4, 0.5) is 5.69 Å². The number of nitrogens with one attached hydrogen (secondary N) is 2. The lowest BCUT2D eigenvalue weighted by Gasteiger charge is -2.18. The molecule has 1 rings (SSSR count). The van der Waals surface area contributed by atoms with Gasteiger partial charge in [0.2, 0.25) is 5.91 Å². The van der Waals surface area contributed by atoms with E-state index in [1.807, 2.05) is 27.7 Å². The van der Waals surface area contributed by atoms with Gasteiger partial charge in [0, 0.05) is 12.6 Å². The van der Waals surface area contributed by atoms with E-state index in [0.717, 1.165) is 0 Å². The van der Waals surface area contributed by atoms with E-state index in [-0.39, 0.29) is 22.5 Å². The Balaban J connectivity index is 2.88.